The Morgan fingerprint density at radius 3 is 2.46 bits per heavy atom. The molecule has 2 aromatic carbocycles. The zero-order valence-electron chi connectivity index (χ0n) is 13.1. The van der Waals surface area contributed by atoms with E-state index in [1.54, 1.807) is 23.9 Å². The molecule has 0 radical (unpaired) electrons. The van der Waals surface area contributed by atoms with Crippen LogP contribution >= 0.6 is 11.8 Å². The average molecular weight is 356 g/mol. The van der Waals surface area contributed by atoms with Gasteiger partial charge in [0.1, 0.15) is 10.9 Å². The van der Waals surface area contributed by atoms with E-state index in [4.69, 9.17) is 0 Å². The molecule has 24 heavy (non-hydrogen) atoms. The summed E-state index contributed by atoms with van der Waals surface area (Å²) in [6, 6.07) is 16.7. The molecule has 1 aliphatic rings. The maximum Gasteiger partial charge on any atom is 0.226 e. The molecule has 0 N–H and O–H groups in total. The molecule has 0 amide bonds. The van der Waals surface area contributed by atoms with Crippen molar-refractivity contribution in [3.63, 3.8) is 0 Å². The Morgan fingerprint density at radius 2 is 1.75 bits per heavy atom. The van der Waals surface area contributed by atoms with Crippen molar-refractivity contribution in [1.29, 1.82) is 0 Å². The number of imidazole rings is 1. The molecule has 0 atom stereocenters. The number of rotatable bonds is 3. The lowest BCUT2D eigenvalue weighted by Crippen LogP contribution is -2.04. The third-order valence-electron chi connectivity index (χ3n) is 4.06. The molecule has 0 saturated carbocycles. The Labute approximate surface area is 145 Å². The van der Waals surface area contributed by atoms with Crippen LogP contribution in [0.25, 0.3) is 11.4 Å². The topological polar surface area (TPSA) is 52.0 Å². The summed E-state index contributed by atoms with van der Waals surface area (Å²) in [6.45, 7) is 2.72. The Balaban J connectivity index is 1.89. The number of hydrogen-bond acceptors (Lipinski definition) is 4. The molecule has 6 heteroatoms. The fourth-order valence-electron chi connectivity index (χ4n) is 2.81. The Kier molecular flexibility index (Phi) is 3.73. The Morgan fingerprint density at radius 1 is 1.04 bits per heavy atom. The van der Waals surface area contributed by atoms with Crippen molar-refractivity contribution in [1.82, 2.24) is 9.55 Å². The molecule has 1 aromatic heterocycles. The van der Waals surface area contributed by atoms with E-state index in [9.17, 15) is 8.42 Å². The second-order valence-corrected chi connectivity index (χ2v) is 8.68. The first-order valence-corrected chi connectivity index (χ1v) is 10.1. The molecule has 0 saturated heterocycles. The SMILES string of the molecule is Cc1ccc(S(=O)(=O)c2nc(-c3ccccc3)n3c2SCC3)cc1. The predicted octanol–water partition coefficient (Wildman–Crippen LogP) is 3.80. The maximum absolute atomic E-state index is 13.1. The van der Waals surface area contributed by atoms with Crippen molar-refractivity contribution in [2.75, 3.05) is 5.75 Å². The molecule has 2 heterocycles. The summed E-state index contributed by atoms with van der Waals surface area (Å²) in [5.74, 6) is 1.59. The van der Waals surface area contributed by atoms with E-state index in [2.05, 4.69) is 4.98 Å². The number of fused-ring (bicyclic) bond motifs is 1. The lowest BCUT2D eigenvalue weighted by Gasteiger charge is -2.03. The lowest BCUT2D eigenvalue weighted by molar-refractivity contribution is 0.589. The highest BCUT2D eigenvalue weighted by atomic mass is 32.2. The fourth-order valence-corrected chi connectivity index (χ4v) is 5.55. The van der Waals surface area contributed by atoms with Crippen LogP contribution in [0.2, 0.25) is 0 Å². The molecule has 0 bridgehead atoms. The van der Waals surface area contributed by atoms with Crippen LogP contribution < -0.4 is 0 Å². The summed E-state index contributed by atoms with van der Waals surface area (Å²) in [4.78, 5) is 4.82. The van der Waals surface area contributed by atoms with Crippen LogP contribution in [0.4, 0.5) is 0 Å². The van der Waals surface area contributed by atoms with E-state index in [1.165, 1.54) is 0 Å². The molecule has 3 aromatic rings. The third kappa shape index (κ3) is 2.46. The van der Waals surface area contributed by atoms with Crippen LogP contribution in [0.1, 0.15) is 5.56 Å². The fraction of sp³-hybridized carbons (Fsp3) is 0.167. The minimum absolute atomic E-state index is 0.174. The van der Waals surface area contributed by atoms with Crippen molar-refractivity contribution >= 4 is 21.6 Å². The highest BCUT2D eigenvalue weighted by Gasteiger charge is 2.31. The molecule has 4 rings (SSSR count). The second kappa shape index (κ2) is 5.79. The van der Waals surface area contributed by atoms with Gasteiger partial charge in [-0.25, -0.2) is 13.4 Å². The van der Waals surface area contributed by atoms with Gasteiger partial charge < -0.3 is 4.57 Å². The van der Waals surface area contributed by atoms with Gasteiger partial charge in [-0.15, -0.1) is 11.8 Å². The number of hydrogen-bond donors (Lipinski definition) is 0. The summed E-state index contributed by atoms with van der Waals surface area (Å²) in [6.07, 6.45) is 0. The van der Waals surface area contributed by atoms with Crippen LogP contribution in [-0.4, -0.2) is 23.7 Å². The highest BCUT2D eigenvalue weighted by Crippen LogP contribution is 2.38. The van der Waals surface area contributed by atoms with Crippen molar-refractivity contribution < 1.29 is 8.42 Å². The Bertz CT molecular complexity index is 992. The minimum atomic E-state index is -3.62. The number of benzene rings is 2. The zero-order chi connectivity index (χ0) is 16.7. The quantitative estimate of drug-likeness (QED) is 0.716. The third-order valence-corrected chi connectivity index (χ3v) is 6.95. The summed E-state index contributed by atoms with van der Waals surface area (Å²) in [5.41, 5.74) is 1.97. The number of nitrogens with zero attached hydrogens (tertiary/aromatic N) is 2. The molecule has 1 aliphatic heterocycles. The van der Waals surface area contributed by atoms with E-state index >= 15 is 0 Å². The number of sulfone groups is 1. The van der Waals surface area contributed by atoms with E-state index < -0.39 is 9.84 Å². The van der Waals surface area contributed by atoms with Gasteiger partial charge in [-0.3, -0.25) is 0 Å². The number of aryl methyl sites for hydroxylation is 1. The predicted molar refractivity (Wildman–Crippen MR) is 95.0 cm³/mol. The van der Waals surface area contributed by atoms with Gasteiger partial charge in [0.2, 0.25) is 9.84 Å². The van der Waals surface area contributed by atoms with Crippen molar-refractivity contribution in [3.8, 4) is 11.4 Å². The molecule has 0 aliphatic carbocycles. The summed E-state index contributed by atoms with van der Waals surface area (Å²) < 4.78 is 28.1. The molecular weight excluding hydrogens is 340 g/mol. The van der Waals surface area contributed by atoms with E-state index in [0.717, 1.165) is 34.3 Å². The standard InChI is InChI=1S/C18H16N2O2S2/c1-13-7-9-15(10-8-13)24(21,22)17-18-20(11-12-23-18)16(19-17)14-5-3-2-4-6-14/h2-10H,11-12H2,1H3. The van der Waals surface area contributed by atoms with Crippen LogP contribution in [0.3, 0.4) is 0 Å². The zero-order valence-corrected chi connectivity index (χ0v) is 14.8. The van der Waals surface area contributed by atoms with Crippen molar-refractivity contribution in [2.45, 2.75) is 28.4 Å². The van der Waals surface area contributed by atoms with Gasteiger partial charge in [-0.05, 0) is 19.1 Å². The first-order chi connectivity index (χ1) is 11.6. The normalized spacial score (nSPS) is 13.9. The number of aromatic nitrogens is 2. The lowest BCUT2D eigenvalue weighted by atomic mass is 10.2. The molecule has 122 valence electrons. The highest BCUT2D eigenvalue weighted by molar-refractivity contribution is 8.00. The van der Waals surface area contributed by atoms with Gasteiger partial charge in [0.25, 0.3) is 0 Å². The largest absolute Gasteiger partial charge is 0.317 e. The number of thioether (sulfide) groups is 1. The van der Waals surface area contributed by atoms with Gasteiger partial charge in [0, 0.05) is 17.9 Å². The van der Waals surface area contributed by atoms with Crippen LogP contribution in [0.5, 0.6) is 0 Å². The van der Waals surface area contributed by atoms with Crippen molar-refractivity contribution in [3.05, 3.63) is 60.2 Å². The molecule has 0 spiro atoms. The van der Waals surface area contributed by atoms with Gasteiger partial charge >= 0.3 is 0 Å². The maximum atomic E-state index is 13.1. The van der Waals surface area contributed by atoms with Crippen LogP contribution in [0, 0.1) is 6.92 Å². The molecule has 0 unspecified atom stereocenters. The summed E-state index contributed by atoms with van der Waals surface area (Å²) in [5, 5.41) is 0.919. The van der Waals surface area contributed by atoms with E-state index in [0.29, 0.717) is 4.90 Å². The van der Waals surface area contributed by atoms with Gasteiger partial charge in [-0.1, -0.05) is 48.0 Å². The average Bonchev–Trinajstić information content (AvgIpc) is 3.18. The minimum Gasteiger partial charge on any atom is -0.317 e. The van der Waals surface area contributed by atoms with Crippen LogP contribution in [0.15, 0.2) is 69.5 Å². The van der Waals surface area contributed by atoms with Gasteiger partial charge in [0.05, 0.1) is 4.90 Å². The Hall–Kier alpha value is -2.05. The van der Waals surface area contributed by atoms with Crippen LogP contribution in [-0.2, 0) is 16.4 Å². The van der Waals surface area contributed by atoms with E-state index in [1.807, 2.05) is 54.0 Å². The second-order valence-electron chi connectivity index (χ2n) is 5.73. The first kappa shape index (κ1) is 15.5. The first-order valence-electron chi connectivity index (χ1n) is 7.68. The molecule has 4 nitrogen and oxygen atoms in total. The van der Waals surface area contributed by atoms with Gasteiger partial charge in [0.15, 0.2) is 5.03 Å². The monoisotopic (exact) mass is 356 g/mol. The summed E-state index contributed by atoms with van der Waals surface area (Å²) in [7, 11) is -3.62. The smallest absolute Gasteiger partial charge is 0.226 e. The van der Waals surface area contributed by atoms with E-state index in [-0.39, 0.29) is 5.03 Å². The summed E-state index contributed by atoms with van der Waals surface area (Å²) >= 11 is 1.56. The molecular formula is C18H16N2O2S2. The van der Waals surface area contributed by atoms with Gasteiger partial charge in [-0.2, -0.15) is 0 Å². The van der Waals surface area contributed by atoms with Crippen molar-refractivity contribution in [2.24, 2.45) is 0 Å². The molecule has 0 fully saturated rings.